The predicted octanol–water partition coefficient (Wildman–Crippen LogP) is 7.09. The number of anilines is 1. The van der Waals surface area contributed by atoms with Gasteiger partial charge in [-0.25, -0.2) is 15.0 Å². The molecule has 37 heavy (non-hydrogen) atoms. The molecule has 0 atom stereocenters. The molecule has 0 saturated carbocycles. The van der Waals surface area contributed by atoms with Gasteiger partial charge in [-0.05, 0) is 30.9 Å². The van der Waals surface area contributed by atoms with Gasteiger partial charge in [-0.1, -0.05) is 62.4 Å². The van der Waals surface area contributed by atoms with E-state index in [0.29, 0.717) is 35.4 Å². The van der Waals surface area contributed by atoms with E-state index in [0.717, 1.165) is 22.9 Å². The van der Waals surface area contributed by atoms with Crippen molar-refractivity contribution in [1.29, 1.82) is 0 Å². The normalized spacial score (nSPS) is 11.8. The Hall–Kier alpha value is -3.88. The van der Waals surface area contributed by atoms with Crippen LogP contribution in [0.1, 0.15) is 50.4 Å². The van der Waals surface area contributed by atoms with Crippen LogP contribution in [0.15, 0.2) is 60.9 Å². The summed E-state index contributed by atoms with van der Waals surface area (Å²) in [5.74, 6) is 2.29. The topological polar surface area (TPSA) is 64.9 Å². The Bertz CT molecular complexity index is 1360. The monoisotopic (exact) mass is 509 g/mol. The van der Waals surface area contributed by atoms with E-state index in [1.165, 1.54) is 4.57 Å². The van der Waals surface area contributed by atoms with Gasteiger partial charge in [0.15, 0.2) is 23.1 Å². The first kappa shape index (κ1) is 26.2. The molecule has 0 amide bonds. The number of alkyl halides is 3. The Labute approximate surface area is 214 Å². The number of benzene rings is 2. The van der Waals surface area contributed by atoms with Crippen molar-refractivity contribution in [3.05, 3.63) is 77.7 Å². The first-order valence-corrected chi connectivity index (χ1v) is 12.1. The molecule has 2 heterocycles. The molecule has 0 aliphatic rings. The lowest BCUT2D eigenvalue weighted by atomic mass is 9.97. The van der Waals surface area contributed by atoms with E-state index in [1.807, 2.05) is 44.2 Å². The summed E-state index contributed by atoms with van der Waals surface area (Å²) in [5, 5.41) is 3.34. The Morgan fingerprint density at radius 1 is 0.973 bits per heavy atom. The molecule has 0 spiro atoms. The molecule has 0 aliphatic carbocycles. The van der Waals surface area contributed by atoms with Gasteiger partial charge in [0.05, 0.1) is 12.3 Å². The second-order valence-corrected chi connectivity index (χ2v) is 9.42. The molecule has 194 valence electrons. The summed E-state index contributed by atoms with van der Waals surface area (Å²) in [6, 6.07) is 15.3. The summed E-state index contributed by atoms with van der Waals surface area (Å²) in [7, 11) is 1.55. The van der Waals surface area contributed by atoms with Crippen molar-refractivity contribution in [3.63, 3.8) is 0 Å². The van der Waals surface area contributed by atoms with E-state index in [9.17, 15) is 13.2 Å². The number of aromatic nitrogens is 4. The van der Waals surface area contributed by atoms with Crippen LogP contribution in [0.25, 0.3) is 22.8 Å². The molecule has 0 unspecified atom stereocenters. The smallest absolute Gasteiger partial charge is 0.434 e. The van der Waals surface area contributed by atoms with Crippen molar-refractivity contribution in [1.82, 2.24) is 19.5 Å². The van der Waals surface area contributed by atoms with Crippen molar-refractivity contribution < 1.29 is 17.9 Å². The molecule has 2 aromatic heterocycles. The molecular formula is C28H30F3N5O. The van der Waals surface area contributed by atoms with Gasteiger partial charge in [-0.2, -0.15) is 13.2 Å². The number of nitrogens with zero attached hydrogens (tertiary/aromatic N) is 4. The number of hydrogen-bond donors (Lipinski definition) is 1. The fourth-order valence-electron chi connectivity index (χ4n) is 4.00. The second kappa shape index (κ2) is 10.6. The highest BCUT2D eigenvalue weighted by molar-refractivity contribution is 5.64. The number of aryl methyl sites for hydroxylation is 1. The average Bonchev–Trinajstić information content (AvgIpc) is 3.25. The Kier molecular flexibility index (Phi) is 7.52. The maximum Gasteiger partial charge on any atom is 0.434 e. The summed E-state index contributed by atoms with van der Waals surface area (Å²) < 4.78 is 46.4. The maximum atomic E-state index is 13.0. The van der Waals surface area contributed by atoms with Gasteiger partial charge >= 0.3 is 6.18 Å². The molecule has 4 rings (SSSR count). The average molecular weight is 510 g/mol. The van der Waals surface area contributed by atoms with Gasteiger partial charge in [0.1, 0.15) is 5.82 Å². The molecule has 2 aromatic carbocycles. The van der Waals surface area contributed by atoms with Crippen LogP contribution in [0, 0.1) is 0 Å². The minimum Gasteiger partial charge on any atom is -0.486 e. The Balaban J connectivity index is 1.57. The van der Waals surface area contributed by atoms with E-state index in [2.05, 4.69) is 35.2 Å². The predicted molar refractivity (Wildman–Crippen MR) is 138 cm³/mol. The van der Waals surface area contributed by atoms with Gasteiger partial charge in [-0.15, -0.1) is 0 Å². The van der Waals surface area contributed by atoms with E-state index >= 15 is 0 Å². The number of imidazole rings is 1. The van der Waals surface area contributed by atoms with Crippen LogP contribution < -0.4 is 10.1 Å². The minimum atomic E-state index is -4.48. The quantitative estimate of drug-likeness (QED) is 0.275. The fraction of sp³-hybridized carbons (Fsp3) is 0.321. The molecule has 6 nitrogen and oxygen atoms in total. The summed E-state index contributed by atoms with van der Waals surface area (Å²) in [6.07, 6.45) is -1.87. The highest BCUT2D eigenvalue weighted by atomic mass is 19.4. The summed E-state index contributed by atoms with van der Waals surface area (Å²) in [6.45, 7) is 8.57. The number of hydrogen-bond acceptors (Lipinski definition) is 5. The zero-order valence-corrected chi connectivity index (χ0v) is 21.5. The van der Waals surface area contributed by atoms with Gasteiger partial charge in [-0.3, -0.25) is 0 Å². The molecule has 0 bridgehead atoms. The molecule has 1 N–H and O–H groups in total. The van der Waals surface area contributed by atoms with Gasteiger partial charge < -0.3 is 14.6 Å². The van der Waals surface area contributed by atoms with E-state index in [4.69, 9.17) is 9.72 Å². The van der Waals surface area contributed by atoms with Crippen LogP contribution >= 0.6 is 0 Å². The molecule has 0 saturated heterocycles. The first-order chi connectivity index (χ1) is 17.5. The lowest BCUT2D eigenvalue weighted by molar-refractivity contribution is -0.140. The molecular weight excluding hydrogens is 479 g/mol. The maximum absolute atomic E-state index is 13.0. The van der Waals surface area contributed by atoms with Crippen molar-refractivity contribution in [2.45, 2.75) is 52.4 Å². The van der Waals surface area contributed by atoms with E-state index < -0.39 is 11.9 Å². The highest BCUT2D eigenvalue weighted by Gasteiger charge is 2.34. The van der Waals surface area contributed by atoms with Crippen LogP contribution in [0.4, 0.5) is 19.0 Å². The molecule has 0 aliphatic heterocycles. The van der Waals surface area contributed by atoms with Crippen LogP contribution in [-0.4, -0.2) is 25.6 Å². The zero-order valence-electron chi connectivity index (χ0n) is 21.5. The largest absolute Gasteiger partial charge is 0.486 e. The first-order valence-electron chi connectivity index (χ1n) is 12.1. The number of halogens is 3. The van der Waals surface area contributed by atoms with E-state index in [-0.39, 0.29) is 11.9 Å². The minimum absolute atomic E-state index is 0.0587. The van der Waals surface area contributed by atoms with Gasteiger partial charge in [0.25, 0.3) is 0 Å². The number of nitrogens with one attached hydrogen (secondary N) is 1. The third-order valence-corrected chi connectivity index (χ3v) is 5.78. The van der Waals surface area contributed by atoms with Crippen molar-refractivity contribution in [2.24, 2.45) is 7.05 Å². The Morgan fingerprint density at radius 3 is 2.30 bits per heavy atom. The highest BCUT2D eigenvalue weighted by Crippen LogP contribution is 2.32. The molecule has 0 fully saturated rings. The number of ether oxygens (including phenoxy) is 1. The fourth-order valence-corrected chi connectivity index (χ4v) is 4.00. The number of rotatable bonds is 8. The van der Waals surface area contributed by atoms with Crippen LogP contribution in [-0.2, 0) is 19.8 Å². The zero-order chi connectivity index (χ0) is 26.7. The van der Waals surface area contributed by atoms with Crippen LogP contribution in [0.5, 0.6) is 5.75 Å². The van der Waals surface area contributed by atoms with Crippen LogP contribution in [0.3, 0.4) is 0 Å². The SMILES string of the molecule is CC(C)Oc1cnc(-c2ccccc2C(C)C)nc1NCc1ccc(-c2nc(C(F)(F)F)cn2C)cc1. The third kappa shape index (κ3) is 6.10. The van der Waals surface area contributed by atoms with Crippen molar-refractivity contribution in [2.75, 3.05) is 5.32 Å². The third-order valence-electron chi connectivity index (χ3n) is 5.78. The standard InChI is InChI=1S/C28H30F3N5O/c1-17(2)21-8-6-7-9-22(21)25-33-15-23(37-18(3)4)26(35-25)32-14-19-10-12-20(13-11-19)27-34-24(16-36(27)5)28(29,30)31/h6-13,15-18H,14H2,1-5H3,(H,32,33,35). The Morgan fingerprint density at radius 2 is 1.68 bits per heavy atom. The summed E-state index contributed by atoms with van der Waals surface area (Å²) in [5.41, 5.74) is 2.73. The molecule has 0 radical (unpaired) electrons. The van der Waals surface area contributed by atoms with Gasteiger partial charge in [0.2, 0.25) is 0 Å². The van der Waals surface area contributed by atoms with Gasteiger partial charge in [0, 0.05) is 30.9 Å². The molecule has 4 aromatic rings. The lowest BCUT2D eigenvalue weighted by Crippen LogP contribution is -2.11. The van der Waals surface area contributed by atoms with Crippen LogP contribution in [0.2, 0.25) is 0 Å². The lowest BCUT2D eigenvalue weighted by Gasteiger charge is -2.17. The van der Waals surface area contributed by atoms with Crippen molar-refractivity contribution in [3.8, 4) is 28.5 Å². The summed E-state index contributed by atoms with van der Waals surface area (Å²) >= 11 is 0. The second-order valence-electron chi connectivity index (χ2n) is 9.42. The van der Waals surface area contributed by atoms with E-state index in [1.54, 1.807) is 25.4 Å². The molecule has 9 heteroatoms. The summed E-state index contributed by atoms with van der Waals surface area (Å²) in [4.78, 5) is 13.1. The van der Waals surface area contributed by atoms with Crippen molar-refractivity contribution >= 4 is 5.82 Å².